The van der Waals surface area contributed by atoms with Crippen molar-refractivity contribution in [1.82, 2.24) is 0 Å². The van der Waals surface area contributed by atoms with Crippen LogP contribution < -0.4 is 16.2 Å². The monoisotopic (exact) mass is 501 g/mol. The summed E-state index contributed by atoms with van der Waals surface area (Å²) in [6.07, 6.45) is 3.21. The summed E-state index contributed by atoms with van der Waals surface area (Å²) < 4.78 is 10.3. The largest absolute Gasteiger partial charge is 0.497 e. The van der Waals surface area contributed by atoms with Crippen LogP contribution in [0.1, 0.15) is 40.9 Å². The van der Waals surface area contributed by atoms with Crippen molar-refractivity contribution in [3.63, 3.8) is 0 Å². The standard InChI is InChI=1S/C20H22N2O.C9H6ClNO2/c1-20(2,14-22)18-8-6-16(7-9-18)17(13-21)12-15-4-10-19(23-3)11-5-15;10-5-1-2-8-6(3-5)7(4-13-8)9(11)12/h4-12H,14,22H2,1-3H3;1-4H,(H2,11,12)/b17-12+;. The molecule has 0 saturated heterocycles. The number of methoxy groups -OCH3 is 1. The van der Waals surface area contributed by atoms with Crippen molar-refractivity contribution in [2.75, 3.05) is 13.7 Å². The van der Waals surface area contributed by atoms with E-state index in [4.69, 9.17) is 32.2 Å². The number of nitriles is 1. The fourth-order valence-corrected chi connectivity index (χ4v) is 3.63. The number of hydrogen-bond donors (Lipinski definition) is 2. The number of fused-ring (bicyclic) bond motifs is 1. The molecule has 4 N–H and O–H groups in total. The molecule has 0 bridgehead atoms. The molecule has 0 radical (unpaired) electrons. The van der Waals surface area contributed by atoms with E-state index in [2.05, 4.69) is 19.9 Å². The van der Waals surface area contributed by atoms with Gasteiger partial charge in [-0.25, -0.2) is 0 Å². The smallest absolute Gasteiger partial charge is 0.252 e. The lowest BCUT2D eigenvalue weighted by molar-refractivity contribution is 0.100. The minimum atomic E-state index is -0.513. The number of nitrogens with zero attached hydrogens (tertiary/aromatic N) is 1. The average Bonchev–Trinajstić information content (AvgIpc) is 3.31. The molecule has 0 atom stereocenters. The third-order valence-electron chi connectivity index (χ3n) is 5.84. The Morgan fingerprint density at radius 1 is 1.11 bits per heavy atom. The molecule has 4 rings (SSSR count). The summed E-state index contributed by atoms with van der Waals surface area (Å²) >= 11 is 5.76. The molecule has 7 heteroatoms. The molecule has 3 aromatic carbocycles. The molecule has 4 aromatic rings. The Labute approximate surface area is 215 Å². The van der Waals surface area contributed by atoms with Crippen LogP contribution in [0.25, 0.3) is 22.6 Å². The highest BCUT2D eigenvalue weighted by Gasteiger charge is 2.18. The van der Waals surface area contributed by atoms with E-state index in [9.17, 15) is 10.1 Å². The molecule has 0 spiro atoms. The van der Waals surface area contributed by atoms with Crippen molar-refractivity contribution >= 4 is 40.1 Å². The lowest BCUT2D eigenvalue weighted by Crippen LogP contribution is -2.27. The second-order valence-corrected chi connectivity index (χ2v) is 9.20. The van der Waals surface area contributed by atoms with Crippen LogP contribution in [0.3, 0.4) is 0 Å². The first-order valence-electron chi connectivity index (χ1n) is 11.2. The van der Waals surface area contributed by atoms with E-state index in [0.717, 1.165) is 16.9 Å². The van der Waals surface area contributed by atoms with Gasteiger partial charge in [-0.05, 0) is 53.1 Å². The zero-order valence-electron chi connectivity index (χ0n) is 20.4. The van der Waals surface area contributed by atoms with E-state index in [-0.39, 0.29) is 5.41 Å². The molecule has 1 heterocycles. The van der Waals surface area contributed by atoms with Crippen LogP contribution in [0, 0.1) is 11.3 Å². The number of carbonyl (C=O) groups excluding carboxylic acids is 1. The first-order valence-corrected chi connectivity index (χ1v) is 11.6. The maximum atomic E-state index is 10.9. The summed E-state index contributed by atoms with van der Waals surface area (Å²) in [6.45, 7) is 4.81. The zero-order valence-corrected chi connectivity index (χ0v) is 21.2. The van der Waals surface area contributed by atoms with Gasteiger partial charge in [0.2, 0.25) is 0 Å². The average molecular weight is 502 g/mol. The molecular formula is C29H28ClN3O3. The number of primary amides is 1. The second-order valence-electron chi connectivity index (χ2n) is 8.76. The van der Waals surface area contributed by atoms with Crippen molar-refractivity contribution < 1.29 is 13.9 Å². The quantitative estimate of drug-likeness (QED) is 0.242. The molecule has 0 fully saturated rings. The number of carbonyl (C=O) groups is 1. The van der Waals surface area contributed by atoms with Crippen molar-refractivity contribution in [2.45, 2.75) is 19.3 Å². The van der Waals surface area contributed by atoms with E-state index >= 15 is 0 Å². The molecule has 1 aromatic heterocycles. The first kappa shape index (κ1) is 26.6. The third kappa shape index (κ3) is 6.33. The summed E-state index contributed by atoms with van der Waals surface area (Å²) in [7, 11) is 1.63. The van der Waals surface area contributed by atoms with E-state index in [1.807, 2.05) is 54.6 Å². The van der Waals surface area contributed by atoms with Crippen molar-refractivity contribution in [1.29, 1.82) is 5.26 Å². The predicted octanol–water partition coefficient (Wildman–Crippen LogP) is 6.18. The van der Waals surface area contributed by atoms with Crippen molar-refractivity contribution in [2.24, 2.45) is 11.5 Å². The topological polar surface area (TPSA) is 115 Å². The second kappa shape index (κ2) is 11.6. The van der Waals surface area contributed by atoms with Gasteiger partial charge in [-0.3, -0.25) is 4.79 Å². The zero-order chi connectivity index (χ0) is 26.3. The highest BCUT2D eigenvalue weighted by molar-refractivity contribution is 6.31. The molecule has 0 aliphatic heterocycles. The van der Waals surface area contributed by atoms with Crippen LogP contribution in [0.15, 0.2) is 77.4 Å². The van der Waals surface area contributed by atoms with Gasteiger partial charge in [-0.15, -0.1) is 0 Å². The molecule has 6 nitrogen and oxygen atoms in total. The van der Waals surface area contributed by atoms with Gasteiger partial charge >= 0.3 is 0 Å². The summed E-state index contributed by atoms with van der Waals surface area (Å²) in [4.78, 5) is 10.9. The van der Waals surface area contributed by atoms with Crippen LogP contribution in [0.5, 0.6) is 5.75 Å². The number of benzene rings is 3. The Kier molecular flexibility index (Phi) is 8.55. The Morgan fingerprint density at radius 2 is 1.78 bits per heavy atom. The summed E-state index contributed by atoms with van der Waals surface area (Å²) in [6, 6.07) is 23.0. The van der Waals surface area contributed by atoms with Gasteiger partial charge in [-0.1, -0.05) is 61.8 Å². The van der Waals surface area contributed by atoms with E-state index in [0.29, 0.717) is 33.7 Å². The Balaban J connectivity index is 0.000000233. The van der Waals surface area contributed by atoms with Gasteiger partial charge in [0, 0.05) is 22.4 Å². The first-order chi connectivity index (χ1) is 17.2. The van der Waals surface area contributed by atoms with E-state index in [1.165, 1.54) is 11.8 Å². The Morgan fingerprint density at radius 3 is 2.33 bits per heavy atom. The molecule has 0 aliphatic rings. The SMILES string of the molecule is COc1ccc(/C=C(\C#N)c2ccc(C(C)(C)CN)cc2)cc1.NC(=O)c1coc2ccc(Cl)cc12. The van der Waals surface area contributed by atoms with Crippen LogP contribution in [0.4, 0.5) is 0 Å². The maximum absolute atomic E-state index is 10.9. The number of halogens is 1. The number of rotatable bonds is 6. The number of nitrogens with two attached hydrogens (primary N) is 2. The van der Waals surface area contributed by atoms with E-state index < -0.39 is 5.91 Å². The summed E-state index contributed by atoms with van der Waals surface area (Å²) in [5.41, 5.74) is 15.5. The van der Waals surface area contributed by atoms with Gasteiger partial charge in [0.1, 0.15) is 17.6 Å². The van der Waals surface area contributed by atoms with Crippen LogP contribution in [-0.2, 0) is 5.41 Å². The van der Waals surface area contributed by atoms with Crippen LogP contribution in [0.2, 0.25) is 5.02 Å². The molecule has 1 amide bonds. The Bertz CT molecular complexity index is 1410. The summed E-state index contributed by atoms with van der Waals surface area (Å²) in [5, 5.41) is 10.7. The lowest BCUT2D eigenvalue weighted by atomic mass is 9.84. The fourth-order valence-electron chi connectivity index (χ4n) is 3.46. The van der Waals surface area contributed by atoms with Gasteiger partial charge in [0.25, 0.3) is 5.91 Å². The minimum absolute atomic E-state index is 0.0645. The normalized spacial score (nSPS) is 11.4. The van der Waals surface area contributed by atoms with Crippen molar-refractivity contribution in [3.05, 3.63) is 100 Å². The Hall–Kier alpha value is -4.05. The minimum Gasteiger partial charge on any atom is -0.497 e. The predicted molar refractivity (Wildman–Crippen MR) is 145 cm³/mol. The highest BCUT2D eigenvalue weighted by atomic mass is 35.5. The fraction of sp³-hybridized carbons (Fsp3) is 0.172. The summed E-state index contributed by atoms with van der Waals surface area (Å²) in [5.74, 6) is 0.287. The van der Waals surface area contributed by atoms with Gasteiger partial charge in [0.15, 0.2) is 0 Å². The number of furan rings is 1. The number of hydrogen-bond acceptors (Lipinski definition) is 5. The highest BCUT2D eigenvalue weighted by Crippen LogP contribution is 2.26. The number of allylic oxidation sites excluding steroid dienone is 1. The van der Waals surface area contributed by atoms with Crippen LogP contribution in [-0.4, -0.2) is 19.6 Å². The molecule has 0 unspecified atom stereocenters. The molecule has 0 aliphatic carbocycles. The number of ether oxygens (including phenoxy) is 1. The molecule has 184 valence electrons. The lowest BCUT2D eigenvalue weighted by Gasteiger charge is -2.23. The number of amides is 1. The van der Waals surface area contributed by atoms with Gasteiger partial charge in [-0.2, -0.15) is 5.26 Å². The molecule has 36 heavy (non-hydrogen) atoms. The van der Waals surface area contributed by atoms with Crippen molar-refractivity contribution in [3.8, 4) is 11.8 Å². The molecular weight excluding hydrogens is 474 g/mol. The van der Waals surface area contributed by atoms with E-state index in [1.54, 1.807) is 25.3 Å². The maximum Gasteiger partial charge on any atom is 0.252 e. The third-order valence-corrected chi connectivity index (χ3v) is 6.07. The van der Waals surface area contributed by atoms with Gasteiger partial charge in [0.05, 0.1) is 24.3 Å². The van der Waals surface area contributed by atoms with Crippen LogP contribution >= 0.6 is 11.6 Å². The molecule has 0 saturated carbocycles. The van der Waals surface area contributed by atoms with Gasteiger partial charge < -0.3 is 20.6 Å².